The van der Waals surface area contributed by atoms with E-state index in [-0.39, 0.29) is 0 Å². The van der Waals surface area contributed by atoms with E-state index < -0.39 is 0 Å². The summed E-state index contributed by atoms with van der Waals surface area (Å²) in [6.07, 6.45) is 3.74. The summed E-state index contributed by atoms with van der Waals surface area (Å²) in [7, 11) is 3.29. The molecular formula is C20H17N3O2S. The fourth-order valence-electron chi connectivity index (χ4n) is 3.00. The van der Waals surface area contributed by atoms with E-state index in [0.29, 0.717) is 4.77 Å². The van der Waals surface area contributed by atoms with Gasteiger partial charge in [-0.05, 0) is 36.0 Å². The molecule has 0 fully saturated rings. The van der Waals surface area contributed by atoms with Gasteiger partial charge in [-0.2, -0.15) is 0 Å². The average Bonchev–Trinajstić information content (AvgIpc) is 3.14. The number of hydrogen-bond donors (Lipinski definition) is 1. The number of nitrogens with zero attached hydrogens (tertiary/aromatic N) is 2. The molecular weight excluding hydrogens is 346 g/mol. The minimum absolute atomic E-state index is 0.490. The second kappa shape index (κ2) is 6.65. The van der Waals surface area contributed by atoms with Gasteiger partial charge in [0.2, 0.25) is 4.77 Å². The highest BCUT2D eigenvalue weighted by atomic mass is 32.1. The number of hydrogen-bond acceptors (Lipinski definition) is 4. The van der Waals surface area contributed by atoms with Crippen molar-refractivity contribution in [2.45, 2.75) is 0 Å². The van der Waals surface area contributed by atoms with Gasteiger partial charge in [0.05, 0.1) is 19.9 Å². The first-order valence-corrected chi connectivity index (χ1v) is 8.50. The van der Waals surface area contributed by atoms with Crippen molar-refractivity contribution in [1.29, 1.82) is 0 Å². The normalized spacial score (nSPS) is 10.8. The third-order valence-corrected chi connectivity index (χ3v) is 4.60. The minimum Gasteiger partial charge on any atom is -0.497 e. The first-order valence-electron chi connectivity index (χ1n) is 8.09. The predicted octanol–water partition coefficient (Wildman–Crippen LogP) is 4.74. The van der Waals surface area contributed by atoms with E-state index in [1.54, 1.807) is 20.4 Å². The van der Waals surface area contributed by atoms with Crippen molar-refractivity contribution < 1.29 is 9.47 Å². The molecule has 0 aliphatic heterocycles. The molecule has 0 saturated carbocycles. The summed E-state index contributed by atoms with van der Waals surface area (Å²) in [5.41, 5.74) is 4.70. The number of ether oxygens (including phenoxy) is 2. The van der Waals surface area contributed by atoms with Crippen molar-refractivity contribution in [1.82, 2.24) is 14.4 Å². The van der Waals surface area contributed by atoms with Crippen LogP contribution >= 0.6 is 12.2 Å². The van der Waals surface area contributed by atoms with Gasteiger partial charge in [-0.3, -0.25) is 4.40 Å². The van der Waals surface area contributed by atoms with E-state index in [0.717, 1.165) is 39.5 Å². The summed E-state index contributed by atoms with van der Waals surface area (Å²) in [6.45, 7) is 0. The van der Waals surface area contributed by atoms with E-state index in [4.69, 9.17) is 21.7 Å². The van der Waals surface area contributed by atoms with Crippen molar-refractivity contribution in [2.75, 3.05) is 14.2 Å². The lowest BCUT2D eigenvalue weighted by Gasteiger charge is -2.08. The lowest BCUT2D eigenvalue weighted by atomic mass is 10.1. The van der Waals surface area contributed by atoms with Crippen molar-refractivity contribution in [3.63, 3.8) is 0 Å². The number of H-pyrrole nitrogens is 1. The van der Waals surface area contributed by atoms with Gasteiger partial charge in [0.25, 0.3) is 0 Å². The Bertz CT molecular complexity index is 1130. The molecule has 2 aromatic carbocycles. The Balaban J connectivity index is 1.97. The van der Waals surface area contributed by atoms with Gasteiger partial charge in [0.1, 0.15) is 17.1 Å². The van der Waals surface area contributed by atoms with Gasteiger partial charge in [-0.1, -0.05) is 30.3 Å². The Labute approximate surface area is 155 Å². The van der Waals surface area contributed by atoms with Gasteiger partial charge < -0.3 is 14.5 Å². The highest BCUT2D eigenvalue weighted by molar-refractivity contribution is 7.71. The summed E-state index contributed by atoms with van der Waals surface area (Å²) < 4.78 is 13.2. The van der Waals surface area contributed by atoms with E-state index in [1.807, 2.05) is 59.1 Å². The van der Waals surface area contributed by atoms with E-state index >= 15 is 0 Å². The maximum atomic E-state index is 5.51. The number of fused-ring (bicyclic) bond motifs is 1. The summed E-state index contributed by atoms with van der Waals surface area (Å²) in [4.78, 5) is 7.84. The first kappa shape index (κ1) is 16.4. The number of benzene rings is 2. The molecule has 0 unspecified atom stereocenters. The maximum absolute atomic E-state index is 5.51. The van der Waals surface area contributed by atoms with E-state index in [2.05, 4.69) is 9.97 Å². The zero-order chi connectivity index (χ0) is 18.1. The van der Waals surface area contributed by atoms with Crippen LogP contribution in [0.25, 0.3) is 28.0 Å². The van der Waals surface area contributed by atoms with Crippen LogP contribution in [0.4, 0.5) is 0 Å². The Hall–Kier alpha value is -3.12. The maximum Gasteiger partial charge on any atom is 0.205 e. The molecule has 0 radical (unpaired) electrons. The smallest absolute Gasteiger partial charge is 0.205 e. The summed E-state index contributed by atoms with van der Waals surface area (Å²) >= 11 is 5.41. The van der Waals surface area contributed by atoms with Crippen LogP contribution < -0.4 is 9.47 Å². The monoisotopic (exact) mass is 363 g/mol. The molecule has 130 valence electrons. The molecule has 4 rings (SSSR count). The average molecular weight is 363 g/mol. The zero-order valence-electron chi connectivity index (χ0n) is 14.4. The highest BCUT2D eigenvalue weighted by Gasteiger charge is 2.14. The predicted molar refractivity (Wildman–Crippen MR) is 104 cm³/mol. The Morgan fingerprint density at radius 3 is 2.54 bits per heavy atom. The molecule has 2 heterocycles. The lowest BCUT2D eigenvalue weighted by Crippen LogP contribution is -1.92. The quantitative estimate of drug-likeness (QED) is 0.532. The Morgan fingerprint density at radius 2 is 1.81 bits per heavy atom. The van der Waals surface area contributed by atoms with Crippen LogP contribution in [0, 0.1) is 4.77 Å². The Kier molecular flexibility index (Phi) is 4.18. The number of aromatic amines is 1. The van der Waals surface area contributed by atoms with Gasteiger partial charge in [0.15, 0.2) is 0 Å². The van der Waals surface area contributed by atoms with Crippen LogP contribution in [0.5, 0.6) is 11.5 Å². The number of rotatable bonds is 4. The molecule has 0 aliphatic rings. The Morgan fingerprint density at radius 1 is 1.00 bits per heavy atom. The second-order valence-corrected chi connectivity index (χ2v) is 6.14. The van der Waals surface area contributed by atoms with E-state index in [1.165, 1.54) is 0 Å². The summed E-state index contributed by atoms with van der Waals surface area (Å²) in [5, 5.41) is 0. The van der Waals surface area contributed by atoms with Crippen molar-refractivity contribution >= 4 is 17.9 Å². The van der Waals surface area contributed by atoms with Gasteiger partial charge in [-0.15, -0.1) is 0 Å². The molecule has 0 atom stereocenters. The molecule has 4 aromatic rings. The standard InChI is InChI=1S/C20H17N3O2S/c1-24-14-8-9-18(25-2)15(10-14)17-12-23-19(22-17)16(11-21-20(23)26)13-6-4-3-5-7-13/h3-12,22H,1-2H3. The minimum atomic E-state index is 0.490. The third kappa shape index (κ3) is 2.74. The van der Waals surface area contributed by atoms with Crippen LogP contribution in [-0.4, -0.2) is 28.6 Å². The molecule has 5 nitrogen and oxygen atoms in total. The zero-order valence-corrected chi connectivity index (χ0v) is 15.2. The molecule has 0 saturated heterocycles. The number of methoxy groups -OCH3 is 2. The van der Waals surface area contributed by atoms with E-state index in [9.17, 15) is 0 Å². The van der Waals surface area contributed by atoms with Crippen LogP contribution in [0.2, 0.25) is 0 Å². The van der Waals surface area contributed by atoms with Crippen molar-refractivity contribution in [3.8, 4) is 33.9 Å². The lowest BCUT2D eigenvalue weighted by molar-refractivity contribution is 0.404. The van der Waals surface area contributed by atoms with Crippen molar-refractivity contribution in [2.24, 2.45) is 0 Å². The molecule has 0 spiro atoms. The molecule has 1 N–H and O–H groups in total. The SMILES string of the molecule is COc1ccc(OC)c(-c2cn3c(=S)ncc(-c4ccccc4)c3[nH]2)c1. The summed E-state index contributed by atoms with van der Waals surface area (Å²) in [6, 6.07) is 15.8. The van der Waals surface area contributed by atoms with Crippen LogP contribution in [0.3, 0.4) is 0 Å². The van der Waals surface area contributed by atoms with Gasteiger partial charge in [0, 0.05) is 23.5 Å². The first-order chi connectivity index (χ1) is 12.7. The second-order valence-electron chi connectivity index (χ2n) is 5.77. The number of imidazole rings is 1. The van der Waals surface area contributed by atoms with Crippen LogP contribution in [0.15, 0.2) is 60.9 Å². The van der Waals surface area contributed by atoms with Crippen LogP contribution in [0.1, 0.15) is 0 Å². The highest BCUT2D eigenvalue weighted by Crippen LogP contribution is 2.34. The summed E-state index contributed by atoms with van der Waals surface area (Å²) in [5.74, 6) is 1.50. The fraction of sp³-hybridized carbons (Fsp3) is 0.100. The third-order valence-electron chi connectivity index (χ3n) is 4.30. The molecule has 0 bridgehead atoms. The fourth-order valence-corrected chi connectivity index (χ4v) is 3.19. The molecule has 0 aliphatic carbocycles. The topological polar surface area (TPSA) is 51.6 Å². The largest absolute Gasteiger partial charge is 0.497 e. The molecule has 0 amide bonds. The molecule has 26 heavy (non-hydrogen) atoms. The van der Waals surface area contributed by atoms with Crippen LogP contribution in [-0.2, 0) is 0 Å². The van der Waals surface area contributed by atoms with Gasteiger partial charge >= 0.3 is 0 Å². The number of nitrogens with one attached hydrogen (secondary N) is 1. The number of aromatic nitrogens is 3. The molecule has 2 aromatic heterocycles. The van der Waals surface area contributed by atoms with Gasteiger partial charge in [-0.25, -0.2) is 4.98 Å². The molecule has 6 heteroatoms. The van der Waals surface area contributed by atoms with Crippen molar-refractivity contribution in [3.05, 3.63) is 65.7 Å².